The van der Waals surface area contributed by atoms with Crippen LogP contribution in [0.3, 0.4) is 0 Å². The van der Waals surface area contributed by atoms with Gasteiger partial charge >= 0.3 is 0 Å². The van der Waals surface area contributed by atoms with Crippen LogP contribution < -0.4 is 0 Å². The molecule has 2 nitrogen and oxygen atoms in total. The van der Waals surface area contributed by atoms with Crippen LogP contribution in [0.15, 0.2) is 18.5 Å². The summed E-state index contributed by atoms with van der Waals surface area (Å²) >= 11 is 1.53. The highest BCUT2D eigenvalue weighted by molar-refractivity contribution is 7.13. The van der Waals surface area contributed by atoms with E-state index in [2.05, 4.69) is 29.3 Å². The number of aromatic nitrogens is 2. The van der Waals surface area contributed by atoms with Crippen molar-refractivity contribution in [1.29, 1.82) is 0 Å². The Morgan fingerprint density at radius 1 is 1.42 bits per heavy atom. The van der Waals surface area contributed by atoms with E-state index in [1.807, 2.05) is 12.4 Å². The average molecular weight is 178 g/mol. The molecule has 0 bridgehead atoms. The largest absolute Gasteiger partial charge is 0.254 e. The summed E-state index contributed by atoms with van der Waals surface area (Å²) in [6.07, 6.45) is 3.68. The highest BCUT2D eigenvalue weighted by Gasteiger charge is 2.06. The van der Waals surface area contributed by atoms with Crippen molar-refractivity contribution in [2.75, 3.05) is 0 Å². The summed E-state index contributed by atoms with van der Waals surface area (Å²) in [6, 6.07) is 2.07. The van der Waals surface area contributed by atoms with Gasteiger partial charge in [0, 0.05) is 6.20 Å². The summed E-state index contributed by atoms with van der Waals surface area (Å²) in [4.78, 5) is 4.23. The lowest BCUT2D eigenvalue weighted by molar-refractivity contribution is 0.876. The Hall–Kier alpha value is -0.960. The lowest BCUT2D eigenvalue weighted by atomic mass is 10.0. The van der Waals surface area contributed by atoms with Crippen LogP contribution in [-0.2, 0) is 0 Å². The van der Waals surface area contributed by atoms with Crippen LogP contribution in [0.5, 0.6) is 0 Å². The minimum absolute atomic E-state index is 0.552. The molecule has 2 aromatic heterocycles. The number of nitrogens with zero attached hydrogens (tertiary/aromatic N) is 2. The van der Waals surface area contributed by atoms with Crippen molar-refractivity contribution in [2.24, 2.45) is 0 Å². The molecule has 2 rings (SSSR count). The van der Waals surface area contributed by atoms with E-state index in [0.717, 1.165) is 5.52 Å². The predicted molar refractivity (Wildman–Crippen MR) is 51.5 cm³/mol. The Morgan fingerprint density at radius 2 is 2.25 bits per heavy atom. The molecule has 0 aromatic carbocycles. The van der Waals surface area contributed by atoms with Gasteiger partial charge in [0.25, 0.3) is 0 Å². The minimum atomic E-state index is 0.552. The van der Waals surface area contributed by atoms with Crippen LogP contribution in [0.2, 0.25) is 0 Å². The van der Waals surface area contributed by atoms with E-state index in [0.29, 0.717) is 5.92 Å². The van der Waals surface area contributed by atoms with Gasteiger partial charge in [-0.15, -0.1) is 0 Å². The van der Waals surface area contributed by atoms with Crippen LogP contribution in [0.4, 0.5) is 0 Å². The van der Waals surface area contributed by atoms with Crippen molar-refractivity contribution in [3.63, 3.8) is 0 Å². The molecule has 0 saturated heterocycles. The molecule has 0 aliphatic rings. The highest BCUT2D eigenvalue weighted by Crippen LogP contribution is 2.26. The van der Waals surface area contributed by atoms with Crippen molar-refractivity contribution in [3.8, 4) is 0 Å². The summed E-state index contributed by atoms with van der Waals surface area (Å²) in [5.41, 5.74) is 2.37. The third-order valence-electron chi connectivity index (χ3n) is 1.90. The van der Waals surface area contributed by atoms with Gasteiger partial charge in [0.2, 0.25) is 0 Å². The first-order valence-corrected chi connectivity index (χ1v) is 4.75. The number of rotatable bonds is 1. The maximum Gasteiger partial charge on any atom is 0.101 e. The monoisotopic (exact) mass is 178 g/mol. The lowest BCUT2D eigenvalue weighted by Crippen LogP contribution is -1.87. The average Bonchev–Trinajstić information content (AvgIpc) is 2.49. The predicted octanol–water partition coefficient (Wildman–Crippen LogP) is 2.81. The summed E-state index contributed by atoms with van der Waals surface area (Å²) < 4.78 is 5.35. The molecule has 3 heteroatoms. The van der Waals surface area contributed by atoms with Crippen molar-refractivity contribution in [1.82, 2.24) is 9.36 Å². The third kappa shape index (κ3) is 1.10. The Kier molecular flexibility index (Phi) is 1.81. The van der Waals surface area contributed by atoms with E-state index in [1.165, 1.54) is 21.8 Å². The quantitative estimate of drug-likeness (QED) is 0.671. The molecular formula is C9H10N2S. The van der Waals surface area contributed by atoms with Gasteiger partial charge in [-0.2, -0.15) is 4.37 Å². The van der Waals surface area contributed by atoms with Crippen LogP contribution in [0.1, 0.15) is 25.3 Å². The summed E-state index contributed by atoms with van der Waals surface area (Å²) in [6.45, 7) is 4.38. The van der Waals surface area contributed by atoms with Crippen molar-refractivity contribution < 1.29 is 0 Å². The zero-order valence-electron chi connectivity index (χ0n) is 7.11. The number of hydrogen-bond donors (Lipinski definition) is 0. The molecule has 0 aliphatic heterocycles. The van der Waals surface area contributed by atoms with E-state index in [9.17, 15) is 0 Å². The second-order valence-corrected chi connectivity index (χ2v) is 3.90. The Labute approximate surface area is 75.4 Å². The summed E-state index contributed by atoms with van der Waals surface area (Å²) in [5.74, 6) is 0.552. The maximum atomic E-state index is 4.23. The second-order valence-electron chi connectivity index (χ2n) is 3.10. The molecule has 2 heterocycles. The molecular weight excluding hydrogens is 168 g/mol. The zero-order valence-corrected chi connectivity index (χ0v) is 7.93. The molecule has 0 radical (unpaired) electrons. The van der Waals surface area contributed by atoms with Gasteiger partial charge in [0.15, 0.2) is 0 Å². The highest BCUT2D eigenvalue weighted by atomic mass is 32.1. The Balaban J connectivity index is 2.73. The van der Waals surface area contributed by atoms with E-state index < -0.39 is 0 Å². The van der Waals surface area contributed by atoms with Crippen molar-refractivity contribution >= 4 is 21.7 Å². The minimum Gasteiger partial charge on any atom is -0.254 e. The molecule has 0 fully saturated rings. The topological polar surface area (TPSA) is 25.8 Å². The number of pyridine rings is 1. The fourth-order valence-electron chi connectivity index (χ4n) is 1.26. The first-order valence-electron chi connectivity index (χ1n) is 3.98. The van der Waals surface area contributed by atoms with E-state index in [4.69, 9.17) is 0 Å². The SMILES string of the molecule is CC(C)c1ccnc2cnsc12. The fourth-order valence-corrected chi connectivity index (χ4v) is 2.12. The fraction of sp³-hybridized carbons (Fsp3) is 0.333. The van der Waals surface area contributed by atoms with Gasteiger partial charge in [-0.3, -0.25) is 4.98 Å². The number of hydrogen-bond acceptors (Lipinski definition) is 3. The molecule has 0 unspecified atom stereocenters. The van der Waals surface area contributed by atoms with Crippen molar-refractivity contribution in [3.05, 3.63) is 24.0 Å². The normalized spacial score (nSPS) is 11.2. The molecule has 0 spiro atoms. The first kappa shape index (κ1) is 7.68. The first-order chi connectivity index (χ1) is 5.79. The second kappa shape index (κ2) is 2.83. The molecule has 0 saturated carbocycles. The van der Waals surface area contributed by atoms with Gasteiger partial charge in [0.05, 0.1) is 10.9 Å². The summed E-state index contributed by atoms with van der Waals surface area (Å²) in [5, 5.41) is 0. The Morgan fingerprint density at radius 3 is 3.00 bits per heavy atom. The third-order valence-corrected chi connectivity index (χ3v) is 2.74. The molecule has 0 N–H and O–H groups in total. The lowest BCUT2D eigenvalue weighted by Gasteiger charge is -2.04. The maximum absolute atomic E-state index is 4.23. The molecule has 2 aromatic rings. The van der Waals surface area contributed by atoms with Crippen LogP contribution in [0, 0.1) is 0 Å². The van der Waals surface area contributed by atoms with Crippen molar-refractivity contribution in [2.45, 2.75) is 19.8 Å². The standard InChI is InChI=1S/C9H10N2S/c1-6(2)7-3-4-10-8-5-11-12-9(7)8/h3-6H,1-2H3. The molecule has 62 valence electrons. The van der Waals surface area contributed by atoms with Gasteiger partial charge in [-0.1, -0.05) is 13.8 Å². The summed E-state index contributed by atoms with van der Waals surface area (Å²) in [7, 11) is 0. The van der Waals surface area contributed by atoms with Crippen LogP contribution in [0.25, 0.3) is 10.2 Å². The number of fused-ring (bicyclic) bond motifs is 1. The van der Waals surface area contributed by atoms with E-state index in [1.54, 1.807) is 0 Å². The van der Waals surface area contributed by atoms with Crippen LogP contribution in [-0.4, -0.2) is 9.36 Å². The van der Waals surface area contributed by atoms with Gasteiger partial charge in [-0.05, 0) is 29.1 Å². The van der Waals surface area contributed by atoms with Crippen LogP contribution >= 0.6 is 11.5 Å². The van der Waals surface area contributed by atoms with Gasteiger partial charge < -0.3 is 0 Å². The van der Waals surface area contributed by atoms with E-state index >= 15 is 0 Å². The molecule has 12 heavy (non-hydrogen) atoms. The molecule has 0 atom stereocenters. The molecule has 0 amide bonds. The van der Waals surface area contributed by atoms with Gasteiger partial charge in [-0.25, -0.2) is 0 Å². The Bertz CT molecular complexity index is 392. The smallest absolute Gasteiger partial charge is 0.101 e. The zero-order chi connectivity index (χ0) is 8.55. The van der Waals surface area contributed by atoms with E-state index in [-0.39, 0.29) is 0 Å². The molecule has 0 aliphatic carbocycles. The van der Waals surface area contributed by atoms with Gasteiger partial charge in [0.1, 0.15) is 5.52 Å².